The number of benzene rings is 2. The molecule has 0 spiro atoms. The van der Waals surface area contributed by atoms with E-state index in [-0.39, 0.29) is 0 Å². The van der Waals surface area contributed by atoms with Crippen molar-refractivity contribution in [3.63, 3.8) is 0 Å². The highest BCUT2D eigenvalue weighted by molar-refractivity contribution is 5.51. The predicted octanol–water partition coefficient (Wildman–Crippen LogP) is 4.01. The van der Waals surface area contributed by atoms with Crippen LogP contribution in [0.15, 0.2) is 48.5 Å². The van der Waals surface area contributed by atoms with Gasteiger partial charge in [0, 0.05) is 24.9 Å². The molecular weight excluding hydrogens is 234 g/mol. The minimum absolute atomic E-state index is 0.637. The monoisotopic (exact) mass is 255 g/mol. The molecule has 2 aromatic carbocycles. The van der Waals surface area contributed by atoms with Gasteiger partial charge in [0.15, 0.2) is 0 Å². The van der Waals surface area contributed by atoms with E-state index in [1.165, 1.54) is 16.7 Å². The molecule has 0 aliphatic rings. The van der Waals surface area contributed by atoms with Crippen LogP contribution in [0, 0.1) is 0 Å². The first kappa shape index (κ1) is 13.6. The number of para-hydroxylation sites is 1. The molecule has 100 valence electrons. The molecule has 1 N–H and O–H groups in total. The van der Waals surface area contributed by atoms with Crippen molar-refractivity contribution in [1.82, 2.24) is 0 Å². The number of nitrogens with one attached hydrogen (secondary N) is 1. The van der Waals surface area contributed by atoms with Crippen LogP contribution in [0.2, 0.25) is 0 Å². The Hall–Kier alpha value is -1.80. The standard InChI is InChI=1S/C17H21NO/c1-3-14-8-4-5-9-15(14)12-18-17-11-7-6-10-16(17)13-19-2/h4-11,18H,3,12-13H2,1-2H3. The molecule has 0 aliphatic carbocycles. The van der Waals surface area contributed by atoms with E-state index in [2.05, 4.69) is 48.6 Å². The van der Waals surface area contributed by atoms with Gasteiger partial charge in [-0.2, -0.15) is 0 Å². The van der Waals surface area contributed by atoms with Crippen molar-refractivity contribution in [3.05, 3.63) is 65.2 Å². The summed E-state index contributed by atoms with van der Waals surface area (Å²) < 4.78 is 5.23. The number of ether oxygens (including phenoxy) is 1. The van der Waals surface area contributed by atoms with Gasteiger partial charge < -0.3 is 10.1 Å². The number of anilines is 1. The molecule has 0 aromatic heterocycles. The summed E-state index contributed by atoms with van der Waals surface area (Å²) in [6.45, 7) is 3.68. The molecule has 0 bridgehead atoms. The van der Waals surface area contributed by atoms with E-state index in [0.29, 0.717) is 6.61 Å². The van der Waals surface area contributed by atoms with E-state index in [4.69, 9.17) is 4.74 Å². The van der Waals surface area contributed by atoms with E-state index >= 15 is 0 Å². The van der Waals surface area contributed by atoms with Gasteiger partial charge in [0.1, 0.15) is 0 Å². The first-order valence-corrected chi connectivity index (χ1v) is 6.72. The zero-order chi connectivity index (χ0) is 13.5. The second-order valence-electron chi connectivity index (χ2n) is 4.57. The molecule has 2 rings (SSSR count). The van der Waals surface area contributed by atoms with Gasteiger partial charge in [-0.1, -0.05) is 49.4 Å². The Bertz CT molecular complexity index is 522. The SMILES string of the molecule is CCc1ccccc1CNc1ccccc1COC. The summed E-state index contributed by atoms with van der Waals surface area (Å²) in [6.07, 6.45) is 1.07. The van der Waals surface area contributed by atoms with Gasteiger partial charge in [-0.15, -0.1) is 0 Å². The molecule has 0 radical (unpaired) electrons. The average molecular weight is 255 g/mol. The fraction of sp³-hybridized carbons (Fsp3) is 0.294. The molecule has 0 amide bonds. The zero-order valence-electron chi connectivity index (χ0n) is 11.6. The fourth-order valence-electron chi connectivity index (χ4n) is 2.24. The van der Waals surface area contributed by atoms with Crippen LogP contribution < -0.4 is 5.32 Å². The molecule has 0 aliphatic heterocycles. The molecule has 0 atom stereocenters. The molecule has 0 saturated carbocycles. The minimum atomic E-state index is 0.637. The highest BCUT2D eigenvalue weighted by atomic mass is 16.5. The third kappa shape index (κ3) is 3.58. The lowest BCUT2D eigenvalue weighted by molar-refractivity contribution is 0.185. The smallest absolute Gasteiger partial charge is 0.0733 e. The van der Waals surface area contributed by atoms with Crippen LogP contribution in [0.5, 0.6) is 0 Å². The maximum absolute atomic E-state index is 5.23. The van der Waals surface area contributed by atoms with Crippen molar-refractivity contribution in [2.24, 2.45) is 0 Å². The van der Waals surface area contributed by atoms with Crippen LogP contribution >= 0.6 is 0 Å². The van der Waals surface area contributed by atoms with Crippen molar-refractivity contribution in [3.8, 4) is 0 Å². The fourth-order valence-corrected chi connectivity index (χ4v) is 2.24. The van der Waals surface area contributed by atoms with Crippen molar-refractivity contribution >= 4 is 5.69 Å². The Balaban J connectivity index is 2.10. The summed E-state index contributed by atoms with van der Waals surface area (Å²) in [6, 6.07) is 16.9. The summed E-state index contributed by atoms with van der Waals surface area (Å²) >= 11 is 0. The molecular formula is C17H21NO. The molecule has 0 saturated heterocycles. The number of methoxy groups -OCH3 is 1. The summed E-state index contributed by atoms with van der Waals surface area (Å²) in [4.78, 5) is 0. The lowest BCUT2D eigenvalue weighted by atomic mass is 10.1. The maximum Gasteiger partial charge on any atom is 0.0733 e. The van der Waals surface area contributed by atoms with Crippen molar-refractivity contribution in [2.75, 3.05) is 12.4 Å². The van der Waals surface area contributed by atoms with E-state index in [1.807, 2.05) is 12.1 Å². The van der Waals surface area contributed by atoms with Crippen LogP contribution in [0.4, 0.5) is 5.69 Å². The summed E-state index contributed by atoms with van der Waals surface area (Å²) in [5, 5.41) is 3.51. The van der Waals surface area contributed by atoms with Crippen LogP contribution in [0.3, 0.4) is 0 Å². The highest BCUT2D eigenvalue weighted by Crippen LogP contribution is 2.18. The lowest BCUT2D eigenvalue weighted by Gasteiger charge is -2.13. The molecule has 19 heavy (non-hydrogen) atoms. The largest absolute Gasteiger partial charge is 0.381 e. The molecule has 0 unspecified atom stereocenters. The van der Waals surface area contributed by atoms with Crippen LogP contribution in [0.25, 0.3) is 0 Å². The van der Waals surface area contributed by atoms with Gasteiger partial charge in [0.25, 0.3) is 0 Å². The Morgan fingerprint density at radius 3 is 2.21 bits per heavy atom. The molecule has 2 nitrogen and oxygen atoms in total. The Kier molecular flexibility index (Phi) is 4.99. The average Bonchev–Trinajstić information content (AvgIpc) is 2.47. The first-order valence-electron chi connectivity index (χ1n) is 6.72. The van der Waals surface area contributed by atoms with Gasteiger partial charge in [0.2, 0.25) is 0 Å². The first-order chi connectivity index (χ1) is 9.35. The van der Waals surface area contributed by atoms with E-state index in [0.717, 1.165) is 18.7 Å². The Morgan fingerprint density at radius 1 is 0.895 bits per heavy atom. The summed E-state index contributed by atoms with van der Waals surface area (Å²) in [5.74, 6) is 0. The van der Waals surface area contributed by atoms with E-state index in [9.17, 15) is 0 Å². The van der Waals surface area contributed by atoms with E-state index in [1.54, 1.807) is 7.11 Å². The zero-order valence-corrected chi connectivity index (χ0v) is 11.6. The normalized spacial score (nSPS) is 10.4. The van der Waals surface area contributed by atoms with Gasteiger partial charge in [-0.05, 0) is 23.6 Å². The topological polar surface area (TPSA) is 21.3 Å². The van der Waals surface area contributed by atoms with Crippen LogP contribution in [-0.4, -0.2) is 7.11 Å². The van der Waals surface area contributed by atoms with Crippen LogP contribution in [0.1, 0.15) is 23.6 Å². The molecule has 0 fully saturated rings. The third-order valence-corrected chi connectivity index (χ3v) is 3.29. The minimum Gasteiger partial charge on any atom is -0.381 e. The van der Waals surface area contributed by atoms with E-state index < -0.39 is 0 Å². The van der Waals surface area contributed by atoms with Gasteiger partial charge >= 0.3 is 0 Å². The van der Waals surface area contributed by atoms with Crippen molar-refractivity contribution in [1.29, 1.82) is 0 Å². The molecule has 2 heteroatoms. The number of aryl methyl sites for hydroxylation is 1. The van der Waals surface area contributed by atoms with Gasteiger partial charge in [-0.25, -0.2) is 0 Å². The third-order valence-electron chi connectivity index (χ3n) is 3.29. The Labute approximate surface area is 115 Å². The summed E-state index contributed by atoms with van der Waals surface area (Å²) in [5.41, 5.74) is 5.10. The second kappa shape index (κ2) is 6.95. The van der Waals surface area contributed by atoms with Crippen LogP contribution in [-0.2, 0) is 24.3 Å². The number of hydrogen-bond donors (Lipinski definition) is 1. The second-order valence-corrected chi connectivity index (χ2v) is 4.57. The highest BCUT2D eigenvalue weighted by Gasteiger charge is 2.03. The quantitative estimate of drug-likeness (QED) is 0.842. The Morgan fingerprint density at radius 2 is 1.53 bits per heavy atom. The predicted molar refractivity (Wildman–Crippen MR) is 80.3 cm³/mol. The number of rotatable bonds is 6. The number of hydrogen-bond acceptors (Lipinski definition) is 2. The summed E-state index contributed by atoms with van der Waals surface area (Å²) in [7, 11) is 1.73. The van der Waals surface area contributed by atoms with Gasteiger partial charge in [0.05, 0.1) is 6.61 Å². The van der Waals surface area contributed by atoms with Crippen molar-refractivity contribution in [2.45, 2.75) is 26.5 Å². The van der Waals surface area contributed by atoms with Crippen molar-refractivity contribution < 1.29 is 4.74 Å². The lowest BCUT2D eigenvalue weighted by Crippen LogP contribution is -2.05. The molecule has 2 aromatic rings. The molecule has 0 heterocycles. The maximum atomic E-state index is 5.23. The van der Waals surface area contributed by atoms with Gasteiger partial charge in [-0.3, -0.25) is 0 Å².